The fourth-order valence-electron chi connectivity index (χ4n) is 1.69. The standard InChI is InChI=1S/C14H18ClF2NO4S/c1-14(2,3)23(21)18-10(7-12(19)20)9-6-8(15)4-5-11(9)22-13(16)17/h4-6,10,13,18H,7H2,1-3H3,(H,19,20)/t10-,23+/m1/s1. The molecule has 0 aliphatic rings. The van der Waals surface area contributed by atoms with Crippen molar-refractivity contribution < 1.29 is 28.0 Å². The minimum atomic E-state index is -3.08. The van der Waals surface area contributed by atoms with E-state index in [1.807, 2.05) is 0 Å². The predicted octanol–water partition coefficient (Wildman–Crippen LogP) is 3.51. The molecule has 1 aromatic carbocycles. The van der Waals surface area contributed by atoms with Crippen LogP contribution in [0, 0.1) is 0 Å². The Morgan fingerprint density at radius 2 is 2.09 bits per heavy atom. The van der Waals surface area contributed by atoms with Crippen LogP contribution in [-0.2, 0) is 16.2 Å². The molecule has 5 nitrogen and oxygen atoms in total. The molecule has 130 valence electrons. The van der Waals surface area contributed by atoms with Gasteiger partial charge < -0.3 is 14.4 Å². The third kappa shape index (κ3) is 6.50. The number of nitrogens with one attached hydrogen (secondary N) is 1. The van der Waals surface area contributed by atoms with E-state index >= 15 is 0 Å². The summed E-state index contributed by atoms with van der Waals surface area (Å²) in [6, 6.07) is 2.89. The second-order valence-corrected chi connectivity index (χ2v) is 8.14. The van der Waals surface area contributed by atoms with Crippen LogP contribution < -0.4 is 9.46 Å². The third-order valence-corrected chi connectivity index (χ3v) is 4.59. The average Bonchev–Trinajstić information content (AvgIpc) is 2.37. The van der Waals surface area contributed by atoms with Gasteiger partial charge in [0.2, 0.25) is 0 Å². The van der Waals surface area contributed by atoms with E-state index in [1.54, 1.807) is 20.8 Å². The van der Waals surface area contributed by atoms with Crippen molar-refractivity contribution in [2.75, 3.05) is 0 Å². The molecule has 1 rings (SSSR count). The molecule has 9 heteroatoms. The van der Waals surface area contributed by atoms with Crippen molar-refractivity contribution >= 4 is 28.9 Å². The van der Waals surface area contributed by atoms with Crippen molar-refractivity contribution in [1.82, 2.24) is 4.72 Å². The second-order valence-electron chi connectivity index (χ2n) is 5.71. The number of halogens is 3. The van der Waals surface area contributed by atoms with E-state index in [9.17, 15) is 18.1 Å². The first-order valence-electron chi connectivity index (χ1n) is 6.65. The Labute approximate surface area is 141 Å². The average molecular weight is 370 g/mol. The first-order valence-corrected chi connectivity index (χ1v) is 8.17. The van der Waals surface area contributed by atoms with E-state index in [2.05, 4.69) is 9.46 Å². The van der Waals surface area contributed by atoms with Gasteiger partial charge in [-0.05, 0) is 39.0 Å². The molecular weight excluding hydrogens is 352 g/mol. The van der Waals surface area contributed by atoms with Crippen LogP contribution in [0.5, 0.6) is 5.75 Å². The molecule has 0 amide bonds. The van der Waals surface area contributed by atoms with Crippen LogP contribution in [0.2, 0.25) is 5.02 Å². The van der Waals surface area contributed by atoms with Crippen LogP contribution in [0.15, 0.2) is 18.2 Å². The highest BCUT2D eigenvalue weighted by atomic mass is 35.5. The topological polar surface area (TPSA) is 81.6 Å². The molecule has 2 N–H and O–H groups in total. The summed E-state index contributed by atoms with van der Waals surface area (Å²) < 4.78 is 43.7. The number of hydrogen-bond donors (Lipinski definition) is 2. The van der Waals surface area contributed by atoms with Crippen molar-refractivity contribution in [3.05, 3.63) is 28.8 Å². The molecule has 0 unspecified atom stereocenters. The number of rotatable bonds is 7. The summed E-state index contributed by atoms with van der Waals surface area (Å²) >= 11 is 4.25. The number of hydrogen-bond acceptors (Lipinski definition) is 4. The minimum absolute atomic E-state index is 0.109. The fraction of sp³-hybridized carbons (Fsp3) is 0.500. The lowest BCUT2D eigenvalue weighted by Gasteiger charge is -2.28. The Bertz CT molecular complexity index is 554. The van der Waals surface area contributed by atoms with Gasteiger partial charge in [0.25, 0.3) is 0 Å². The van der Waals surface area contributed by atoms with Crippen LogP contribution in [0.3, 0.4) is 0 Å². The highest BCUT2D eigenvalue weighted by Crippen LogP contribution is 2.33. The molecule has 0 radical (unpaired) electrons. The molecule has 0 spiro atoms. The van der Waals surface area contributed by atoms with Crippen LogP contribution in [0.1, 0.15) is 38.8 Å². The van der Waals surface area contributed by atoms with E-state index in [1.165, 1.54) is 18.2 Å². The van der Waals surface area contributed by atoms with Gasteiger partial charge in [0.1, 0.15) is 10.5 Å². The number of ether oxygens (including phenoxy) is 1. The molecule has 0 aliphatic heterocycles. The van der Waals surface area contributed by atoms with E-state index in [0.717, 1.165) is 0 Å². The summed E-state index contributed by atoms with van der Waals surface area (Å²) in [4.78, 5) is 11.1. The zero-order valence-electron chi connectivity index (χ0n) is 12.8. The first-order chi connectivity index (χ1) is 10.5. The number of benzene rings is 1. The lowest BCUT2D eigenvalue weighted by molar-refractivity contribution is -0.137. The van der Waals surface area contributed by atoms with Gasteiger partial charge in [-0.1, -0.05) is 11.6 Å². The van der Waals surface area contributed by atoms with E-state index in [0.29, 0.717) is 0 Å². The van der Waals surface area contributed by atoms with Crippen molar-refractivity contribution in [3.63, 3.8) is 0 Å². The van der Waals surface area contributed by atoms with Gasteiger partial charge in [-0.15, -0.1) is 4.72 Å². The van der Waals surface area contributed by atoms with Crippen LogP contribution in [-0.4, -0.2) is 27.0 Å². The Balaban J connectivity index is 3.20. The largest absolute Gasteiger partial charge is 0.598 e. The fourth-order valence-corrected chi connectivity index (χ4v) is 2.69. The second kappa shape index (κ2) is 8.14. The predicted molar refractivity (Wildman–Crippen MR) is 84.1 cm³/mol. The third-order valence-electron chi connectivity index (χ3n) is 2.75. The Morgan fingerprint density at radius 1 is 1.48 bits per heavy atom. The molecule has 2 atom stereocenters. The van der Waals surface area contributed by atoms with Gasteiger partial charge in [-0.3, -0.25) is 4.79 Å². The van der Waals surface area contributed by atoms with Gasteiger partial charge in [0, 0.05) is 21.9 Å². The monoisotopic (exact) mass is 369 g/mol. The molecule has 0 heterocycles. The summed E-state index contributed by atoms with van der Waals surface area (Å²) in [6.45, 7) is 2.02. The van der Waals surface area contributed by atoms with Gasteiger partial charge in [0.15, 0.2) is 0 Å². The maximum atomic E-state index is 12.5. The molecule has 1 aromatic rings. The quantitative estimate of drug-likeness (QED) is 0.719. The van der Waals surface area contributed by atoms with Crippen LogP contribution in [0.4, 0.5) is 8.78 Å². The lowest BCUT2D eigenvalue weighted by atomic mass is 10.0. The van der Waals surface area contributed by atoms with Crippen LogP contribution in [0.25, 0.3) is 0 Å². The van der Waals surface area contributed by atoms with Gasteiger partial charge in [-0.2, -0.15) is 8.78 Å². The molecule has 23 heavy (non-hydrogen) atoms. The van der Waals surface area contributed by atoms with E-state index in [4.69, 9.17) is 16.7 Å². The lowest BCUT2D eigenvalue weighted by Crippen LogP contribution is -2.42. The Morgan fingerprint density at radius 3 is 2.57 bits per heavy atom. The molecule has 0 saturated carbocycles. The highest BCUT2D eigenvalue weighted by molar-refractivity contribution is 7.90. The molecule has 0 fully saturated rings. The summed E-state index contributed by atoms with van der Waals surface area (Å²) in [6.07, 6.45) is -0.470. The molecule has 0 bridgehead atoms. The zero-order chi connectivity index (χ0) is 17.8. The number of alkyl halides is 2. The summed E-state index contributed by atoms with van der Waals surface area (Å²) in [5, 5.41) is 9.26. The summed E-state index contributed by atoms with van der Waals surface area (Å²) in [5.41, 5.74) is 0.109. The van der Waals surface area contributed by atoms with E-state index in [-0.39, 0.29) is 16.3 Å². The van der Waals surface area contributed by atoms with Crippen LogP contribution >= 0.6 is 11.6 Å². The highest BCUT2D eigenvalue weighted by Gasteiger charge is 2.32. The Hall–Kier alpha value is -1.09. The molecule has 0 saturated heterocycles. The molecule has 0 aliphatic carbocycles. The summed E-state index contributed by atoms with van der Waals surface area (Å²) in [5.74, 6) is -1.40. The molecular formula is C14H18ClF2NO4S. The van der Waals surface area contributed by atoms with Gasteiger partial charge in [-0.25, -0.2) is 0 Å². The Kier molecular flexibility index (Phi) is 7.06. The normalized spacial score (nSPS) is 14.6. The summed E-state index contributed by atoms with van der Waals surface area (Å²) in [7, 11) is 0. The minimum Gasteiger partial charge on any atom is -0.598 e. The van der Waals surface area contributed by atoms with Crippen molar-refractivity contribution in [2.45, 2.75) is 44.6 Å². The first kappa shape index (κ1) is 20.0. The smallest absolute Gasteiger partial charge is 0.387 e. The zero-order valence-corrected chi connectivity index (χ0v) is 14.4. The number of aliphatic carboxylic acids is 1. The van der Waals surface area contributed by atoms with Crippen molar-refractivity contribution in [1.29, 1.82) is 0 Å². The molecule has 0 aromatic heterocycles. The SMILES string of the molecule is CC(C)(C)[S@+]([O-])N[C@H](CC(=O)O)c1cc(Cl)ccc1OC(F)F. The maximum Gasteiger partial charge on any atom is 0.387 e. The maximum absolute atomic E-state index is 12.5. The van der Waals surface area contributed by atoms with E-state index < -0.39 is 41.2 Å². The van der Waals surface area contributed by atoms with Crippen molar-refractivity contribution in [3.8, 4) is 5.75 Å². The number of carboxylic acid groups (broad SMARTS) is 1. The van der Waals surface area contributed by atoms with Crippen molar-refractivity contribution in [2.24, 2.45) is 0 Å². The van der Waals surface area contributed by atoms with Gasteiger partial charge in [0.05, 0.1) is 12.5 Å². The number of carbonyl (C=O) groups is 1. The number of carboxylic acids is 1. The van der Waals surface area contributed by atoms with Gasteiger partial charge >= 0.3 is 12.6 Å².